The van der Waals surface area contributed by atoms with Crippen molar-refractivity contribution in [3.05, 3.63) is 66.4 Å². The molecule has 0 atom stereocenters. The molecule has 0 aliphatic carbocycles. The number of nitrogens with zero attached hydrogens (tertiary/aromatic N) is 2. The number of fused-ring (bicyclic) bond motifs is 1. The van der Waals surface area contributed by atoms with Crippen LogP contribution in [0.25, 0.3) is 10.9 Å². The molecule has 0 aliphatic rings. The van der Waals surface area contributed by atoms with Gasteiger partial charge in [-0.25, -0.2) is 8.78 Å². The van der Waals surface area contributed by atoms with Gasteiger partial charge in [0.1, 0.15) is 18.2 Å². The van der Waals surface area contributed by atoms with E-state index in [1.807, 2.05) is 12.1 Å². The second kappa shape index (κ2) is 7.26. The van der Waals surface area contributed by atoms with E-state index in [0.717, 1.165) is 17.5 Å². The maximum absolute atomic E-state index is 13.7. The Kier molecular flexibility index (Phi) is 4.88. The van der Waals surface area contributed by atoms with Crippen LogP contribution in [0.4, 0.5) is 20.2 Å². The summed E-state index contributed by atoms with van der Waals surface area (Å²) in [5.74, 6) is -2.61. The Balaban J connectivity index is 1.86. The number of benzene rings is 2. The quantitative estimate of drug-likeness (QED) is 0.779. The number of carbonyl (C=O) groups excluding carboxylic acids is 2. The molecule has 0 unspecified atom stereocenters. The van der Waals surface area contributed by atoms with Gasteiger partial charge in [-0.3, -0.25) is 14.6 Å². The van der Waals surface area contributed by atoms with Crippen LogP contribution < -0.4 is 10.2 Å². The fourth-order valence-electron chi connectivity index (χ4n) is 2.60. The third kappa shape index (κ3) is 3.66. The Hall–Kier alpha value is -3.35. The molecule has 1 N–H and O–H groups in total. The summed E-state index contributed by atoms with van der Waals surface area (Å²) >= 11 is 0. The third-order valence-electron chi connectivity index (χ3n) is 3.79. The Labute approximate surface area is 148 Å². The van der Waals surface area contributed by atoms with Gasteiger partial charge in [0.25, 0.3) is 0 Å². The van der Waals surface area contributed by atoms with E-state index < -0.39 is 17.5 Å². The molecule has 0 aliphatic heterocycles. The van der Waals surface area contributed by atoms with Crippen molar-refractivity contribution in [3.63, 3.8) is 0 Å². The molecule has 0 saturated heterocycles. The minimum absolute atomic E-state index is 0.157. The number of para-hydroxylation sites is 1. The fourth-order valence-corrected chi connectivity index (χ4v) is 2.60. The number of amides is 2. The Morgan fingerprint density at radius 1 is 1.12 bits per heavy atom. The standard InChI is InChI=1S/C19H15F2N3O2/c1-12(25)24(17-6-2-4-13-5-3-9-22-19(13)17)11-18(26)23-16-8-7-14(20)10-15(16)21/h2-10H,11H2,1H3,(H,23,26). The fraction of sp³-hybridized carbons (Fsp3) is 0.105. The number of halogens is 2. The lowest BCUT2D eigenvalue weighted by Crippen LogP contribution is -2.37. The summed E-state index contributed by atoms with van der Waals surface area (Å²) in [5.41, 5.74) is 0.896. The van der Waals surface area contributed by atoms with Crippen molar-refractivity contribution in [2.45, 2.75) is 6.92 Å². The molecule has 0 saturated carbocycles. The van der Waals surface area contributed by atoms with Crippen LogP contribution >= 0.6 is 0 Å². The van der Waals surface area contributed by atoms with Crippen molar-refractivity contribution in [2.75, 3.05) is 16.8 Å². The number of carbonyl (C=O) groups is 2. The lowest BCUT2D eigenvalue weighted by molar-refractivity contribution is -0.120. The molecule has 1 aromatic heterocycles. The van der Waals surface area contributed by atoms with Crippen molar-refractivity contribution in [1.29, 1.82) is 0 Å². The number of hydrogen-bond acceptors (Lipinski definition) is 3. The van der Waals surface area contributed by atoms with Crippen LogP contribution in [0.5, 0.6) is 0 Å². The Morgan fingerprint density at radius 3 is 2.62 bits per heavy atom. The topological polar surface area (TPSA) is 62.3 Å². The number of anilines is 2. The minimum Gasteiger partial charge on any atom is -0.322 e. The molecule has 3 rings (SSSR count). The van der Waals surface area contributed by atoms with Gasteiger partial charge in [0.05, 0.1) is 16.9 Å². The molecular formula is C19H15F2N3O2. The average Bonchev–Trinajstić information content (AvgIpc) is 2.61. The molecule has 0 bridgehead atoms. The van der Waals surface area contributed by atoms with E-state index >= 15 is 0 Å². The van der Waals surface area contributed by atoms with E-state index in [1.54, 1.807) is 24.4 Å². The third-order valence-corrected chi connectivity index (χ3v) is 3.79. The SMILES string of the molecule is CC(=O)N(CC(=O)Nc1ccc(F)cc1F)c1cccc2cccnc12. The van der Waals surface area contributed by atoms with Crippen LogP contribution in [0, 0.1) is 11.6 Å². The number of aromatic nitrogens is 1. The van der Waals surface area contributed by atoms with Crippen LogP contribution in [0.3, 0.4) is 0 Å². The molecule has 0 radical (unpaired) electrons. The van der Waals surface area contributed by atoms with E-state index in [9.17, 15) is 18.4 Å². The van der Waals surface area contributed by atoms with Crippen molar-refractivity contribution in [1.82, 2.24) is 4.98 Å². The van der Waals surface area contributed by atoms with Crippen molar-refractivity contribution < 1.29 is 18.4 Å². The van der Waals surface area contributed by atoms with Crippen LogP contribution in [-0.2, 0) is 9.59 Å². The summed E-state index contributed by atoms with van der Waals surface area (Å²) in [6.07, 6.45) is 1.60. The van der Waals surface area contributed by atoms with Gasteiger partial charge in [-0.05, 0) is 24.3 Å². The van der Waals surface area contributed by atoms with Gasteiger partial charge in [0.15, 0.2) is 0 Å². The summed E-state index contributed by atoms with van der Waals surface area (Å²) in [7, 11) is 0. The maximum Gasteiger partial charge on any atom is 0.244 e. The first-order chi connectivity index (χ1) is 12.5. The first-order valence-electron chi connectivity index (χ1n) is 7.82. The molecule has 26 heavy (non-hydrogen) atoms. The van der Waals surface area contributed by atoms with Crippen molar-refractivity contribution in [2.24, 2.45) is 0 Å². The van der Waals surface area contributed by atoms with Gasteiger partial charge in [0, 0.05) is 24.6 Å². The first kappa shape index (κ1) is 17.5. The summed E-state index contributed by atoms with van der Waals surface area (Å²) in [6.45, 7) is 0.995. The molecule has 1 heterocycles. The van der Waals surface area contributed by atoms with Gasteiger partial charge in [-0.15, -0.1) is 0 Å². The smallest absolute Gasteiger partial charge is 0.244 e. The van der Waals surface area contributed by atoms with Gasteiger partial charge in [0.2, 0.25) is 11.8 Å². The molecule has 7 heteroatoms. The van der Waals surface area contributed by atoms with Crippen molar-refractivity contribution in [3.8, 4) is 0 Å². The van der Waals surface area contributed by atoms with E-state index in [0.29, 0.717) is 17.3 Å². The highest BCUT2D eigenvalue weighted by atomic mass is 19.1. The van der Waals surface area contributed by atoms with E-state index in [4.69, 9.17) is 0 Å². The zero-order chi connectivity index (χ0) is 18.7. The number of hydrogen-bond donors (Lipinski definition) is 1. The van der Waals surface area contributed by atoms with Crippen molar-refractivity contribution >= 4 is 34.1 Å². The Bertz CT molecular complexity index is 986. The minimum atomic E-state index is -0.889. The highest BCUT2D eigenvalue weighted by molar-refractivity contribution is 6.06. The Morgan fingerprint density at radius 2 is 1.88 bits per heavy atom. The lowest BCUT2D eigenvalue weighted by Gasteiger charge is -2.22. The molecule has 0 spiro atoms. The van der Waals surface area contributed by atoms with Gasteiger partial charge in [-0.2, -0.15) is 0 Å². The normalized spacial score (nSPS) is 10.6. The molecule has 132 valence electrons. The summed E-state index contributed by atoms with van der Waals surface area (Å²) < 4.78 is 26.7. The second-order valence-electron chi connectivity index (χ2n) is 5.63. The predicted molar refractivity (Wildman–Crippen MR) is 94.8 cm³/mol. The zero-order valence-corrected chi connectivity index (χ0v) is 13.9. The van der Waals surface area contributed by atoms with E-state index in [1.165, 1.54) is 11.8 Å². The van der Waals surface area contributed by atoms with Gasteiger partial charge in [-0.1, -0.05) is 18.2 Å². The molecule has 3 aromatic rings. The van der Waals surface area contributed by atoms with Gasteiger partial charge < -0.3 is 10.2 Å². The van der Waals surface area contributed by atoms with Crippen LogP contribution in [-0.4, -0.2) is 23.3 Å². The highest BCUT2D eigenvalue weighted by Gasteiger charge is 2.19. The first-order valence-corrected chi connectivity index (χ1v) is 7.82. The largest absolute Gasteiger partial charge is 0.322 e. The summed E-state index contributed by atoms with van der Waals surface area (Å²) in [5, 5.41) is 3.17. The summed E-state index contributed by atoms with van der Waals surface area (Å²) in [4.78, 5) is 29.9. The number of pyridine rings is 1. The maximum atomic E-state index is 13.7. The predicted octanol–water partition coefficient (Wildman–Crippen LogP) is 3.50. The molecule has 0 fully saturated rings. The van der Waals surface area contributed by atoms with Crippen LogP contribution in [0.15, 0.2) is 54.7 Å². The number of nitrogens with one attached hydrogen (secondary N) is 1. The van der Waals surface area contributed by atoms with Gasteiger partial charge >= 0.3 is 0 Å². The second-order valence-corrected chi connectivity index (χ2v) is 5.63. The molecule has 2 amide bonds. The van der Waals surface area contributed by atoms with Crippen LogP contribution in [0.2, 0.25) is 0 Å². The lowest BCUT2D eigenvalue weighted by atomic mass is 10.1. The average molecular weight is 355 g/mol. The number of rotatable bonds is 4. The van der Waals surface area contributed by atoms with Crippen LogP contribution in [0.1, 0.15) is 6.92 Å². The van der Waals surface area contributed by atoms with E-state index in [-0.39, 0.29) is 18.1 Å². The molecule has 5 nitrogen and oxygen atoms in total. The summed E-state index contributed by atoms with van der Waals surface area (Å²) in [6, 6.07) is 11.7. The van der Waals surface area contributed by atoms with E-state index in [2.05, 4.69) is 10.3 Å². The highest BCUT2D eigenvalue weighted by Crippen LogP contribution is 2.25. The zero-order valence-electron chi connectivity index (χ0n) is 13.9. The molecule has 2 aromatic carbocycles. The molecular weight excluding hydrogens is 340 g/mol. The monoisotopic (exact) mass is 355 g/mol.